The quantitative estimate of drug-likeness (QED) is 0.748. The molecule has 0 fully saturated rings. The molecule has 0 amide bonds. The van der Waals surface area contributed by atoms with Crippen molar-refractivity contribution in [3.63, 3.8) is 0 Å². The van der Waals surface area contributed by atoms with E-state index in [0.717, 1.165) is 0 Å². The van der Waals surface area contributed by atoms with Gasteiger partial charge in [0, 0.05) is 10.0 Å². The normalized spacial score (nSPS) is 12.9. The summed E-state index contributed by atoms with van der Waals surface area (Å²) in [6.07, 6.45) is -5.33. The maximum atomic E-state index is 13.1. The molecule has 0 aliphatic rings. The number of esters is 1. The van der Waals surface area contributed by atoms with Crippen molar-refractivity contribution in [3.8, 4) is 5.75 Å². The van der Waals surface area contributed by atoms with Crippen molar-refractivity contribution in [1.29, 1.82) is 0 Å². The minimum absolute atomic E-state index is 0.0425. The van der Waals surface area contributed by atoms with Crippen molar-refractivity contribution in [2.24, 2.45) is 0 Å². The number of carbonyl (C=O) groups is 1. The first-order chi connectivity index (χ1) is 9.29. The highest BCUT2D eigenvalue weighted by atomic mass is 79.9. The minimum Gasteiger partial charge on any atom is -0.496 e. The molecule has 0 aliphatic heterocycles. The number of alkyl halides is 3. The van der Waals surface area contributed by atoms with Crippen LogP contribution in [0.5, 0.6) is 5.75 Å². The van der Waals surface area contributed by atoms with Gasteiger partial charge in [-0.25, -0.2) is 0 Å². The summed E-state index contributed by atoms with van der Waals surface area (Å²) in [7, 11) is 1.28. The number of halogens is 4. The van der Waals surface area contributed by atoms with Gasteiger partial charge in [-0.15, -0.1) is 0 Å². The largest absolute Gasteiger partial charge is 0.496 e. The van der Waals surface area contributed by atoms with Gasteiger partial charge in [0.2, 0.25) is 0 Å². The lowest BCUT2D eigenvalue weighted by Gasteiger charge is -2.22. The van der Waals surface area contributed by atoms with Gasteiger partial charge < -0.3 is 9.47 Å². The summed E-state index contributed by atoms with van der Waals surface area (Å²) in [5, 5.41) is 0. The van der Waals surface area contributed by atoms with Crippen molar-refractivity contribution >= 4 is 21.9 Å². The summed E-state index contributed by atoms with van der Waals surface area (Å²) in [5.74, 6) is -2.77. The zero-order chi connectivity index (χ0) is 15.3. The average Bonchev–Trinajstić information content (AvgIpc) is 2.35. The minimum atomic E-state index is -4.56. The molecule has 0 aliphatic carbocycles. The lowest BCUT2D eigenvalue weighted by Crippen LogP contribution is -2.25. The zero-order valence-electron chi connectivity index (χ0n) is 11.0. The van der Waals surface area contributed by atoms with Crippen LogP contribution < -0.4 is 4.74 Å². The number of methoxy groups -OCH3 is 1. The molecule has 0 bridgehead atoms. The Labute approximate surface area is 123 Å². The second-order valence-corrected chi connectivity index (χ2v) is 4.91. The average molecular weight is 355 g/mol. The fourth-order valence-corrected chi connectivity index (χ4v) is 2.10. The monoisotopic (exact) mass is 354 g/mol. The molecule has 1 aromatic rings. The lowest BCUT2D eigenvalue weighted by atomic mass is 9.94. The number of ether oxygens (including phenoxy) is 2. The van der Waals surface area contributed by atoms with Crippen molar-refractivity contribution in [3.05, 3.63) is 28.2 Å². The topological polar surface area (TPSA) is 35.5 Å². The van der Waals surface area contributed by atoms with Crippen LogP contribution in [0.1, 0.15) is 24.8 Å². The van der Waals surface area contributed by atoms with Crippen molar-refractivity contribution in [2.75, 3.05) is 13.7 Å². The summed E-state index contributed by atoms with van der Waals surface area (Å²) >= 11 is 3.16. The molecule has 0 heterocycles. The van der Waals surface area contributed by atoms with Crippen LogP contribution in [0.15, 0.2) is 22.7 Å². The Balaban J connectivity index is 3.15. The maximum Gasteiger partial charge on any atom is 0.396 e. The van der Waals surface area contributed by atoms with Gasteiger partial charge in [0.05, 0.1) is 26.1 Å². The molecule has 0 saturated carbocycles. The highest BCUT2D eigenvalue weighted by Gasteiger charge is 2.43. The van der Waals surface area contributed by atoms with Crippen LogP contribution >= 0.6 is 15.9 Å². The Hall–Kier alpha value is -1.24. The molecule has 112 valence electrons. The molecule has 0 spiro atoms. The number of carbonyl (C=O) groups excluding carboxylic acids is 1. The van der Waals surface area contributed by atoms with E-state index in [-0.39, 0.29) is 17.9 Å². The van der Waals surface area contributed by atoms with E-state index in [1.165, 1.54) is 25.3 Å². The van der Waals surface area contributed by atoms with Gasteiger partial charge >= 0.3 is 12.1 Å². The third-order valence-corrected chi connectivity index (χ3v) is 3.14. The Morgan fingerprint density at radius 3 is 2.55 bits per heavy atom. The van der Waals surface area contributed by atoms with Gasteiger partial charge in [0.15, 0.2) is 0 Å². The Kier molecular flexibility index (Phi) is 5.86. The fraction of sp³-hybridized carbons (Fsp3) is 0.462. The standard InChI is InChI=1S/C13H14BrF3O3/c1-3-20-12(18)7-10(13(15,16)17)9-5-4-8(14)6-11(9)19-2/h4-6,10H,3,7H2,1-2H3. The molecule has 1 atom stereocenters. The molecule has 0 radical (unpaired) electrons. The fourth-order valence-electron chi connectivity index (χ4n) is 1.76. The molecular weight excluding hydrogens is 341 g/mol. The van der Waals surface area contributed by atoms with E-state index in [9.17, 15) is 18.0 Å². The van der Waals surface area contributed by atoms with E-state index in [1.807, 2.05) is 0 Å². The molecule has 0 N–H and O–H groups in total. The van der Waals surface area contributed by atoms with E-state index in [0.29, 0.717) is 4.47 Å². The predicted octanol–water partition coefficient (Wildman–Crippen LogP) is 4.06. The third kappa shape index (κ3) is 4.40. The molecular formula is C13H14BrF3O3. The molecule has 0 aromatic heterocycles. The molecule has 1 aromatic carbocycles. The number of hydrogen-bond acceptors (Lipinski definition) is 3. The molecule has 1 rings (SSSR count). The highest BCUT2D eigenvalue weighted by molar-refractivity contribution is 9.10. The first-order valence-corrected chi connectivity index (χ1v) is 6.64. The molecule has 20 heavy (non-hydrogen) atoms. The van der Waals surface area contributed by atoms with Crippen LogP contribution in [0, 0.1) is 0 Å². The first kappa shape index (κ1) is 16.8. The summed E-state index contributed by atoms with van der Waals surface area (Å²) in [5.41, 5.74) is -0.0868. The Morgan fingerprint density at radius 1 is 1.40 bits per heavy atom. The zero-order valence-corrected chi connectivity index (χ0v) is 12.5. The summed E-state index contributed by atoms with van der Waals surface area (Å²) in [6, 6.07) is 4.20. The Morgan fingerprint density at radius 2 is 2.05 bits per heavy atom. The van der Waals surface area contributed by atoms with Gasteiger partial charge in [-0.05, 0) is 19.1 Å². The summed E-state index contributed by atoms with van der Waals surface area (Å²) in [4.78, 5) is 11.4. The van der Waals surface area contributed by atoms with Gasteiger partial charge in [0.1, 0.15) is 5.75 Å². The van der Waals surface area contributed by atoms with Gasteiger partial charge in [-0.2, -0.15) is 13.2 Å². The van der Waals surface area contributed by atoms with Crippen molar-refractivity contribution in [2.45, 2.75) is 25.4 Å². The SMILES string of the molecule is CCOC(=O)CC(c1ccc(Br)cc1OC)C(F)(F)F. The van der Waals surface area contributed by atoms with Crippen molar-refractivity contribution in [1.82, 2.24) is 0 Å². The van der Waals surface area contributed by atoms with Crippen molar-refractivity contribution < 1.29 is 27.4 Å². The van der Waals surface area contributed by atoms with Crippen LogP contribution in [0.2, 0.25) is 0 Å². The summed E-state index contributed by atoms with van der Waals surface area (Å²) in [6.45, 7) is 1.58. The molecule has 3 nitrogen and oxygen atoms in total. The van der Waals surface area contributed by atoms with E-state index in [1.54, 1.807) is 6.92 Å². The van der Waals surface area contributed by atoms with E-state index < -0.39 is 24.5 Å². The van der Waals surface area contributed by atoms with Crippen LogP contribution in [0.25, 0.3) is 0 Å². The van der Waals surface area contributed by atoms with Crippen LogP contribution in [0.3, 0.4) is 0 Å². The van der Waals surface area contributed by atoms with Crippen LogP contribution in [0.4, 0.5) is 13.2 Å². The number of rotatable bonds is 5. The highest BCUT2D eigenvalue weighted by Crippen LogP contribution is 2.42. The second kappa shape index (κ2) is 6.97. The predicted molar refractivity (Wildman–Crippen MR) is 70.7 cm³/mol. The Bertz CT molecular complexity index is 474. The molecule has 7 heteroatoms. The molecule has 0 saturated heterocycles. The van der Waals surface area contributed by atoms with Crippen LogP contribution in [-0.4, -0.2) is 25.9 Å². The number of benzene rings is 1. The smallest absolute Gasteiger partial charge is 0.396 e. The van der Waals surface area contributed by atoms with Gasteiger partial charge in [-0.1, -0.05) is 22.0 Å². The number of hydrogen-bond donors (Lipinski definition) is 0. The van der Waals surface area contributed by atoms with Gasteiger partial charge in [-0.3, -0.25) is 4.79 Å². The van der Waals surface area contributed by atoms with E-state index >= 15 is 0 Å². The van der Waals surface area contributed by atoms with E-state index in [2.05, 4.69) is 20.7 Å². The summed E-state index contributed by atoms with van der Waals surface area (Å²) < 4.78 is 49.6. The third-order valence-electron chi connectivity index (χ3n) is 2.64. The van der Waals surface area contributed by atoms with Crippen LogP contribution in [-0.2, 0) is 9.53 Å². The maximum absolute atomic E-state index is 13.1. The lowest BCUT2D eigenvalue weighted by molar-refractivity contribution is -0.166. The molecule has 1 unspecified atom stereocenters. The van der Waals surface area contributed by atoms with Gasteiger partial charge in [0.25, 0.3) is 0 Å². The first-order valence-electron chi connectivity index (χ1n) is 5.85. The van der Waals surface area contributed by atoms with E-state index in [4.69, 9.17) is 4.74 Å². The second-order valence-electron chi connectivity index (χ2n) is 3.99.